The van der Waals surface area contributed by atoms with Crippen molar-refractivity contribution >= 4 is 5.78 Å². The second-order valence-electron chi connectivity index (χ2n) is 4.15. The molecule has 0 aliphatic rings. The van der Waals surface area contributed by atoms with E-state index in [4.69, 9.17) is 0 Å². The Morgan fingerprint density at radius 2 is 1.61 bits per heavy atom. The molecular formula is C17H14O. The standard InChI is InChI=1S/C17H14O/c1-14(18)13-17-10-6-5-9-16(17)12-11-15-7-3-2-4-8-15/h2-10H,13H2,1H3. The van der Waals surface area contributed by atoms with Crippen LogP contribution in [0, 0.1) is 11.8 Å². The lowest BCUT2D eigenvalue weighted by atomic mass is 10.0. The maximum absolute atomic E-state index is 11.2. The molecule has 0 unspecified atom stereocenters. The molecule has 0 heterocycles. The average molecular weight is 234 g/mol. The van der Waals surface area contributed by atoms with Gasteiger partial charge in [-0.25, -0.2) is 0 Å². The third kappa shape index (κ3) is 3.33. The van der Waals surface area contributed by atoms with Gasteiger partial charge in [0.05, 0.1) is 0 Å². The van der Waals surface area contributed by atoms with Crippen LogP contribution in [0.5, 0.6) is 0 Å². The van der Waals surface area contributed by atoms with E-state index in [2.05, 4.69) is 11.8 Å². The minimum absolute atomic E-state index is 0.156. The topological polar surface area (TPSA) is 17.1 Å². The zero-order chi connectivity index (χ0) is 12.8. The van der Waals surface area contributed by atoms with Crippen LogP contribution in [0.1, 0.15) is 23.6 Å². The Balaban J connectivity index is 2.30. The molecule has 0 aliphatic carbocycles. The molecule has 0 amide bonds. The van der Waals surface area contributed by atoms with E-state index in [0.29, 0.717) is 6.42 Å². The van der Waals surface area contributed by atoms with Crippen LogP contribution in [0.15, 0.2) is 54.6 Å². The summed E-state index contributed by atoms with van der Waals surface area (Å²) in [6.45, 7) is 1.60. The molecule has 1 nitrogen and oxygen atoms in total. The highest BCUT2D eigenvalue weighted by atomic mass is 16.1. The van der Waals surface area contributed by atoms with Crippen LogP contribution in [0.4, 0.5) is 0 Å². The van der Waals surface area contributed by atoms with Crippen LogP contribution in [0.2, 0.25) is 0 Å². The lowest BCUT2D eigenvalue weighted by Crippen LogP contribution is -1.98. The zero-order valence-corrected chi connectivity index (χ0v) is 10.3. The van der Waals surface area contributed by atoms with Gasteiger partial charge in [0.2, 0.25) is 0 Å². The molecule has 0 N–H and O–H groups in total. The molecule has 0 aromatic heterocycles. The van der Waals surface area contributed by atoms with Gasteiger partial charge in [0.25, 0.3) is 0 Å². The van der Waals surface area contributed by atoms with E-state index in [9.17, 15) is 4.79 Å². The van der Waals surface area contributed by atoms with Crippen molar-refractivity contribution in [2.24, 2.45) is 0 Å². The lowest BCUT2D eigenvalue weighted by Gasteiger charge is -2.00. The van der Waals surface area contributed by atoms with Crippen LogP contribution >= 0.6 is 0 Å². The Morgan fingerprint density at radius 3 is 2.33 bits per heavy atom. The van der Waals surface area contributed by atoms with Gasteiger partial charge in [-0.3, -0.25) is 4.79 Å². The first-order chi connectivity index (χ1) is 8.75. The molecule has 0 saturated carbocycles. The predicted molar refractivity (Wildman–Crippen MR) is 73.2 cm³/mol. The number of carbonyl (C=O) groups excluding carboxylic acids is 1. The highest BCUT2D eigenvalue weighted by Gasteiger charge is 2.01. The number of ketones is 1. The van der Waals surface area contributed by atoms with Gasteiger partial charge in [0.1, 0.15) is 5.78 Å². The molecule has 0 aliphatic heterocycles. The van der Waals surface area contributed by atoms with Gasteiger partial charge in [-0.05, 0) is 30.7 Å². The Labute approximate surface area is 107 Å². The van der Waals surface area contributed by atoms with E-state index in [1.807, 2.05) is 54.6 Å². The van der Waals surface area contributed by atoms with Gasteiger partial charge in [-0.1, -0.05) is 48.2 Å². The van der Waals surface area contributed by atoms with E-state index in [1.54, 1.807) is 6.92 Å². The molecular weight excluding hydrogens is 220 g/mol. The second-order valence-corrected chi connectivity index (χ2v) is 4.15. The first-order valence-corrected chi connectivity index (χ1v) is 5.90. The summed E-state index contributed by atoms with van der Waals surface area (Å²) in [5, 5.41) is 0. The average Bonchev–Trinajstić information content (AvgIpc) is 2.38. The van der Waals surface area contributed by atoms with Crippen molar-refractivity contribution in [2.75, 3.05) is 0 Å². The molecule has 1 heteroatoms. The van der Waals surface area contributed by atoms with Gasteiger partial charge in [-0.15, -0.1) is 0 Å². The van der Waals surface area contributed by atoms with E-state index < -0.39 is 0 Å². The number of rotatable bonds is 2. The molecule has 2 aromatic carbocycles. The maximum Gasteiger partial charge on any atom is 0.134 e. The summed E-state index contributed by atoms with van der Waals surface area (Å²) in [6, 6.07) is 17.6. The van der Waals surface area contributed by atoms with E-state index >= 15 is 0 Å². The fourth-order valence-electron chi connectivity index (χ4n) is 1.73. The molecule has 0 bridgehead atoms. The van der Waals surface area contributed by atoms with Crippen molar-refractivity contribution in [2.45, 2.75) is 13.3 Å². The molecule has 0 atom stereocenters. The smallest absolute Gasteiger partial charge is 0.134 e. The second kappa shape index (κ2) is 5.84. The highest BCUT2D eigenvalue weighted by Crippen LogP contribution is 2.09. The molecule has 2 rings (SSSR count). The third-order valence-corrected chi connectivity index (χ3v) is 2.57. The summed E-state index contributed by atoms with van der Waals surface area (Å²) in [6.07, 6.45) is 0.444. The first kappa shape index (κ1) is 12.1. The molecule has 0 radical (unpaired) electrons. The van der Waals surface area contributed by atoms with Crippen molar-refractivity contribution in [1.29, 1.82) is 0 Å². The summed E-state index contributed by atoms with van der Waals surface area (Å²) in [5.74, 6) is 6.40. The SMILES string of the molecule is CC(=O)Cc1ccccc1C#Cc1ccccc1. The van der Waals surface area contributed by atoms with Gasteiger partial charge in [-0.2, -0.15) is 0 Å². The largest absolute Gasteiger partial charge is 0.300 e. The summed E-state index contributed by atoms with van der Waals surface area (Å²) in [4.78, 5) is 11.2. The van der Waals surface area contributed by atoms with E-state index in [0.717, 1.165) is 16.7 Å². The lowest BCUT2D eigenvalue weighted by molar-refractivity contribution is -0.116. The number of hydrogen-bond acceptors (Lipinski definition) is 1. The fraction of sp³-hybridized carbons (Fsp3) is 0.118. The first-order valence-electron chi connectivity index (χ1n) is 5.90. The predicted octanol–water partition coefficient (Wildman–Crippen LogP) is 3.22. The van der Waals surface area contributed by atoms with Crippen LogP contribution in [-0.4, -0.2) is 5.78 Å². The number of carbonyl (C=O) groups is 1. The summed E-state index contributed by atoms with van der Waals surface area (Å²) in [5.41, 5.74) is 2.90. The maximum atomic E-state index is 11.2. The molecule has 2 aromatic rings. The van der Waals surface area contributed by atoms with E-state index in [-0.39, 0.29) is 5.78 Å². The number of Topliss-reactive ketones (excluding diaryl/α,β-unsaturated/α-hetero) is 1. The minimum atomic E-state index is 0.156. The summed E-state index contributed by atoms with van der Waals surface area (Å²) in [7, 11) is 0. The van der Waals surface area contributed by atoms with Crippen molar-refractivity contribution in [3.63, 3.8) is 0 Å². The Bertz CT molecular complexity index is 600. The minimum Gasteiger partial charge on any atom is -0.300 e. The third-order valence-electron chi connectivity index (χ3n) is 2.57. The normalized spacial score (nSPS) is 9.39. The Kier molecular flexibility index (Phi) is 3.94. The van der Waals surface area contributed by atoms with Crippen molar-refractivity contribution in [3.8, 4) is 11.8 Å². The van der Waals surface area contributed by atoms with Crippen LogP contribution in [0.3, 0.4) is 0 Å². The van der Waals surface area contributed by atoms with Gasteiger partial charge in [0, 0.05) is 17.5 Å². The van der Waals surface area contributed by atoms with Crippen LogP contribution in [-0.2, 0) is 11.2 Å². The Hall–Kier alpha value is -2.33. The van der Waals surface area contributed by atoms with Crippen LogP contribution < -0.4 is 0 Å². The van der Waals surface area contributed by atoms with Gasteiger partial charge in [0.15, 0.2) is 0 Å². The monoisotopic (exact) mass is 234 g/mol. The van der Waals surface area contributed by atoms with Crippen molar-refractivity contribution in [3.05, 3.63) is 71.3 Å². The summed E-state index contributed by atoms with van der Waals surface area (Å²) < 4.78 is 0. The highest BCUT2D eigenvalue weighted by molar-refractivity contribution is 5.79. The molecule has 0 spiro atoms. The van der Waals surface area contributed by atoms with E-state index in [1.165, 1.54) is 0 Å². The molecule has 18 heavy (non-hydrogen) atoms. The van der Waals surface area contributed by atoms with Crippen molar-refractivity contribution in [1.82, 2.24) is 0 Å². The molecule has 0 fully saturated rings. The number of benzene rings is 2. The molecule has 0 saturated heterocycles. The fourth-order valence-corrected chi connectivity index (χ4v) is 1.73. The summed E-state index contributed by atoms with van der Waals surface area (Å²) >= 11 is 0. The van der Waals surface area contributed by atoms with Gasteiger partial charge >= 0.3 is 0 Å². The quantitative estimate of drug-likeness (QED) is 0.729. The Morgan fingerprint density at radius 1 is 0.944 bits per heavy atom. The van der Waals surface area contributed by atoms with Crippen molar-refractivity contribution < 1.29 is 4.79 Å². The van der Waals surface area contributed by atoms with Gasteiger partial charge < -0.3 is 0 Å². The number of hydrogen-bond donors (Lipinski definition) is 0. The van der Waals surface area contributed by atoms with Crippen LogP contribution in [0.25, 0.3) is 0 Å². The molecule has 88 valence electrons. The zero-order valence-electron chi connectivity index (χ0n) is 10.3.